The van der Waals surface area contributed by atoms with Gasteiger partial charge < -0.3 is 4.74 Å². The number of methoxy groups -OCH3 is 1. The molecule has 0 aliphatic carbocycles. The van der Waals surface area contributed by atoms with E-state index in [0.29, 0.717) is 15.9 Å². The first-order chi connectivity index (χ1) is 9.83. The third-order valence-corrected chi connectivity index (χ3v) is 5.34. The van der Waals surface area contributed by atoms with Gasteiger partial charge in [-0.05, 0) is 64.8 Å². The summed E-state index contributed by atoms with van der Waals surface area (Å²) in [6, 6.07) is 9.97. The first-order valence-electron chi connectivity index (χ1n) is 5.96. The number of hydrogen-bond donors (Lipinski definition) is 1. The van der Waals surface area contributed by atoms with E-state index in [-0.39, 0.29) is 4.90 Å². The Bertz CT molecular complexity index is 776. The lowest BCUT2D eigenvalue weighted by Gasteiger charge is -2.12. The zero-order valence-corrected chi connectivity index (χ0v) is 15.3. The zero-order valence-electron chi connectivity index (χ0n) is 11.4. The molecular weight excluding hydrogens is 422 g/mol. The van der Waals surface area contributed by atoms with Crippen LogP contribution in [0.15, 0.2) is 50.2 Å². The van der Waals surface area contributed by atoms with Gasteiger partial charge in [-0.25, -0.2) is 8.42 Å². The molecule has 1 N–H and O–H groups in total. The van der Waals surface area contributed by atoms with Gasteiger partial charge in [-0.1, -0.05) is 15.9 Å². The van der Waals surface area contributed by atoms with Crippen molar-refractivity contribution in [2.45, 2.75) is 11.8 Å². The van der Waals surface area contributed by atoms with E-state index in [1.165, 1.54) is 19.2 Å². The SMILES string of the molecule is COc1ccc(S(=O)(=O)Nc2ccc(Br)cc2C)cc1Br. The number of rotatable bonds is 4. The van der Waals surface area contributed by atoms with Crippen LogP contribution in [0.1, 0.15) is 5.56 Å². The van der Waals surface area contributed by atoms with Crippen LogP contribution in [0, 0.1) is 6.92 Å². The Morgan fingerprint density at radius 3 is 2.38 bits per heavy atom. The molecule has 0 spiro atoms. The molecule has 0 fully saturated rings. The molecule has 0 aliphatic rings. The molecule has 112 valence electrons. The summed E-state index contributed by atoms with van der Waals surface area (Å²) in [7, 11) is -2.12. The van der Waals surface area contributed by atoms with Crippen molar-refractivity contribution in [3.8, 4) is 5.75 Å². The van der Waals surface area contributed by atoms with E-state index in [1.54, 1.807) is 18.2 Å². The molecule has 0 aromatic heterocycles. The highest BCUT2D eigenvalue weighted by atomic mass is 79.9. The molecule has 2 rings (SSSR count). The number of nitrogens with one attached hydrogen (secondary N) is 1. The van der Waals surface area contributed by atoms with Crippen LogP contribution < -0.4 is 9.46 Å². The van der Waals surface area contributed by atoms with Crippen molar-refractivity contribution in [1.82, 2.24) is 0 Å². The van der Waals surface area contributed by atoms with Gasteiger partial charge in [0, 0.05) is 4.47 Å². The maximum atomic E-state index is 12.4. The molecule has 0 saturated heterocycles. The molecule has 0 unspecified atom stereocenters. The first kappa shape index (κ1) is 16.3. The fourth-order valence-corrected chi connectivity index (χ4v) is 4.08. The lowest BCUT2D eigenvalue weighted by molar-refractivity contribution is 0.411. The second kappa shape index (κ2) is 6.37. The predicted molar refractivity (Wildman–Crippen MR) is 90.4 cm³/mol. The van der Waals surface area contributed by atoms with Gasteiger partial charge in [-0.15, -0.1) is 0 Å². The summed E-state index contributed by atoms with van der Waals surface area (Å²) in [6.07, 6.45) is 0. The molecule has 4 nitrogen and oxygen atoms in total. The monoisotopic (exact) mass is 433 g/mol. The standard InChI is InChI=1S/C14H13Br2NO3S/c1-9-7-10(15)3-5-13(9)17-21(18,19)11-4-6-14(20-2)12(16)8-11/h3-8,17H,1-2H3. The van der Waals surface area contributed by atoms with Gasteiger partial charge in [0.1, 0.15) is 5.75 Å². The van der Waals surface area contributed by atoms with Gasteiger partial charge >= 0.3 is 0 Å². The summed E-state index contributed by atoms with van der Waals surface area (Å²) in [6.45, 7) is 1.84. The molecule has 2 aromatic rings. The second-order valence-corrected chi connectivity index (χ2v) is 7.81. The quantitative estimate of drug-likeness (QED) is 0.778. The number of ether oxygens (including phenoxy) is 1. The Hall–Kier alpha value is -1.05. The summed E-state index contributed by atoms with van der Waals surface area (Å²) < 4.78 is 34.0. The molecule has 0 saturated carbocycles. The summed E-state index contributed by atoms with van der Waals surface area (Å²) in [5.74, 6) is 0.578. The first-order valence-corrected chi connectivity index (χ1v) is 9.03. The van der Waals surface area contributed by atoms with Crippen LogP contribution in [0.2, 0.25) is 0 Å². The normalized spacial score (nSPS) is 11.2. The lowest BCUT2D eigenvalue weighted by atomic mass is 10.2. The second-order valence-electron chi connectivity index (χ2n) is 4.36. The minimum absolute atomic E-state index is 0.164. The molecule has 0 heterocycles. The van der Waals surface area contributed by atoms with Gasteiger partial charge in [0.05, 0.1) is 22.2 Å². The average molecular weight is 435 g/mol. The van der Waals surface area contributed by atoms with Gasteiger partial charge in [0.2, 0.25) is 0 Å². The van der Waals surface area contributed by atoms with E-state index in [0.717, 1.165) is 10.0 Å². The predicted octanol–water partition coefficient (Wildman–Crippen LogP) is 4.33. The summed E-state index contributed by atoms with van der Waals surface area (Å²) in [4.78, 5) is 0.164. The summed E-state index contributed by atoms with van der Waals surface area (Å²) in [5.41, 5.74) is 1.38. The molecule has 0 atom stereocenters. The molecule has 0 bridgehead atoms. The Kier molecular flexibility index (Phi) is 4.95. The van der Waals surface area contributed by atoms with Gasteiger partial charge in [0.25, 0.3) is 10.0 Å². The highest BCUT2D eigenvalue weighted by Crippen LogP contribution is 2.29. The molecular formula is C14H13Br2NO3S. The van der Waals surface area contributed by atoms with E-state index in [9.17, 15) is 8.42 Å². The number of benzene rings is 2. The van der Waals surface area contributed by atoms with Crippen LogP contribution in [0.25, 0.3) is 0 Å². The maximum Gasteiger partial charge on any atom is 0.261 e. The van der Waals surface area contributed by atoms with Crippen molar-refractivity contribution < 1.29 is 13.2 Å². The largest absolute Gasteiger partial charge is 0.496 e. The number of aryl methyl sites for hydroxylation is 1. The fraction of sp³-hybridized carbons (Fsp3) is 0.143. The minimum atomic E-state index is -3.65. The Labute approximate surface area is 140 Å². The fourth-order valence-electron chi connectivity index (χ4n) is 1.76. The molecule has 2 aromatic carbocycles. The highest BCUT2D eigenvalue weighted by Gasteiger charge is 2.17. The van der Waals surface area contributed by atoms with Crippen LogP contribution in [-0.2, 0) is 10.0 Å². The molecule has 0 amide bonds. The van der Waals surface area contributed by atoms with Gasteiger partial charge in [-0.2, -0.15) is 0 Å². The Morgan fingerprint density at radius 1 is 1.10 bits per heavy atom. The van der Waals surface area contributed by atoms with Crippen molar-refractivity contribution in [2.75, 3.05) is 11.8 Å². The van der Waals surface area contributed by atoms with E-state index in [2.05, 4.69) is 36.6 Å². The Balaban J connectivity index is 2.36. The Morgan fingerprint density at radius 2 is 1.81 bits per heavy atom. The number of anilines is 1. The van der Waals surface area contributed by atoms with E-state index >= 15 is 0 Å². The molecule has 7 heteroatoms. The lowest BCUT2D eigenvalue weighted by Crippen LogP contribution is -2.13. The summed E-state index contributed by atoms with van der Waals surface area (Å²) >= 11 is 6.63. The highest BCUT2D eigenvalue weighted by molar-refractivity contribution is 9.10. The van der Waals surface area contributed by atoms with Crippen molar-refractivity contribution in [3.05, 3.63) is 50.9 Å². The molecule has 0 aliphatic heterocycles. The van der Waals surface area contributed by atoms with E-state index < -0.39 is 10.0 Å². The summed E-state index contributed by atoms with van der Waals surface area (Å²) in [5, 5.41) is 0. The van der Waals surface area contributed by atoms with Crippen molar-refractivity contribution in [3.63, 3.8) is 0 Å². The minimum Gasteiger partial charge on any atom is -0.496 e. The van der Waals surface area contributed by atoms with Crippen LogP contribution >= 0.6 is 31.9 Å². The van der Waals surface area contributed by atoms with Crippen LogP contribution in [0.5, 0.6) is 5.75 Å². The van der Waals surface area contributed by atoms with Gasteiger partial charge in [-0.3, -0.25) is 4.72 Å². The number of hydrogen-bond acceptors (Lipinski definition) is 3. The average Bonchev–Trinajstić information content (AvgIpc) is 2.42. The van der Waals surface area contributed by atoms with Crippen LogP contribution in [-0.4, -0.2) is 15.5 Å². The van der Waals surface area contributed by atoms with Gasteiger partial charge in [0.15, 0.2) is 0 Å². The third kappa shape index (κ3) is 3.78. The number of sulfonamides is 1. The van der Waals surface area contributed by atoms with Crippen molar-refractivity contribution in [2.24, 2.45) is 0 Å². The van der Waals surface area contributed by atoms with Crippen molar-refractivity contribution >= 4 is 47.6 Å². The molecule has 0 radical (unpaired) electrons. The maximum absolute atomic E-state index is 12.4. The van der Waals surface area contributed by atoms with Crippen LogP contribution in [0.4, 0.5) is 5.69 Å². The van der Waals surface area contributed by atoms with Crippen LogP contribution in [0.3, 0.4) is 0 Å². The smallest absolute Gasteiger partial charge is 0.261 e. The molecule has 21 heavy (non-hydrogen) atoms. The van der Waals surface area contributed by atoms with Crippen molar-refractivity contribution in [1.29, 1.82) is 0 Å². The van der Waals surface area contributed by atoms with E-state index in [4.69, 9.17) is 4.74 Å². The number of halogens is 2. The van der Waals surface area contributed by atoms with E-state index in [1.807, 2.05) is 13.0 Å². The zero-order chi connectivity index (χ0) is 15.6. The topological polar surface area (TPSA) is 55.4 Å². The third-order valence-electron chi connectivity index (χ3n) is 2.87.